The third-order valence-corrected chi connectivity index (χ3v) is 3.82. The van der Waals surface area contributed by atoms with Crippen LogP contribution in [0.4, 0.5) is 17.2 Å². The summed E-state index contributed by atoms with van der Waals surface area (Å²) in [5, 5.41) is 14.3. The second kappa shape index (κ2) is 7.10. The number of alkyl halides is 1. The van der Waals surface area contributed by atoms with E-state index in [4.69, 9.17) is 11.6 Å². The summed E-state index contributed by atoms with van der Waals surface area (Å²) in [4.78, 5) is 15.2. The summed E-state index contributed by atoms with van der Waals surface area (Å²) in [5.74, 6) is 0.627. The predicted molar refractivity (Wildman–Crippen MR) is 95.6 cm³/mol. The van der Waals surface area contributed by atoms with Gasteiger partial charge >= 0.3 is 5.69 Å². The van der Waals surface area contributed by atoms with Gasteiger partial charge in [0.15, 0.2) is 0 Å². The van der Waals surface area contributed by atoms with Gasteiger partial charge in [-0.2, -0.15) is 0 Å². The van der Waals surface area contributed by atoms with E-state index >= 15 is 0 Å². The zero-order valence-electron chi connectivity index (χ0n) is 12.6. The van der Waals surface area contributed by atoms with Crippen LogP contribution in [0.15, 0.2) is 66.7 Å². The van der Waals surface area contributed by atoms with E-state index in [2.05, 4.69) is 10.3 Å². The quantitative estimate of drug-likeness (QED) is 0.397. The summed E-state index contributed by atoms with van der Waals surface area (Å²) >= 11 is 5.77. The van der Waals surface area contributed by atoms with Crippen molar-refractivity contribution in [1.29, 1.82) is 0 Å². The zero-order chi connectivity index (χ0) is 16.9. The maximum Gasteiger partial charge on any atom is 0.311 e. The van der Waals surface area contributed by atoms with Gasteiger partial charge in [-0.1, -0.05) is 42.5 Å². The standard InChI is InChI=1S/C18H14ClN3O2/c19-12-13-6-8-15(9-7-13)20-18-17(22(23)24)11-10-16(21-18)14-4-2-1-3-5-14/h1-11H,12H2,(H,20,21). The normalized spacial score (nSPS) is 10.4. The van der Waals surface area contributed by atoms with Crippen molar-refractivity contribution < 1.29 is 4.92 Å². The molecule has 2 aromatic carbocycles. The van der Waals surface area contributed by atoms with Crippen molar-refractivity contribution in [3.63, 3.8) is 0 Å². The van der Waals surface area contributed by atoms with Crippen LogP contribution < -0.4 is 5.32 Å². The molecule has 0 saturated carbocycles. The average molecular weight is 340 g/mol. The number of rotatable bonds is 5. The fourth-order valence-corrected chi connectivity index (χ4v) is 2.45. The Hall–Kier alpha value is -2.92. The fourth-order valence-electron chi connectivity index (χ4n) is 2.27. The van der Waals surface area contributed by atoms with Crippen LogP contribution in [0.3, 0.4) is 0 Å². The summed E-state index contributed by atoms with van der Waals surface area (Å²) in [6.45, 7) is 0. The first-order valence-electron chi connectivity index (χ1n) is 7.30. The maximum absolute atomic E-state index is 11.3. The van der Waals surface area contributed by atoms with E-state index in [1.54, 1.807) is 6.07 Å². The van der Waals surface area contributed by atoms with E-state index in [0.717, 1.165) is 11.1 Å². The summed E-state index contributed by atoms with van der Waals surface area (Å²) in [6.07, 6.45) is 0. The first-order valence-corrected chi connectivity index (χ1v) is 7.83. The molecular weight excluding hydrogens is 326 g/mol. The molecular formula is C18H14ClN3O2. The predicted octanol–water partition coefficient (Wildman–Crippen LogP) is 5.14. The molecule has 0 atom stereocenters. The van der Waals surface area contributed by atoms with Crippen LogP contribution in [0.1, 0.15) is 5.56 Å². The lowest BCUT2D eigenvalue weighted by molar-refractivity contribution is -0.384. The Labute approximate surface area is 144 Å². The van der Waals surface area contributed by atoms with Crippen LogP contribution in [-0.4, -0.2) is 9.91 Å². The molecule has 3 aromatic rings. The summed E-state index contributed by atoms with van der Waals surface area (Å²) in [5.41, 5.74) is 3.18. The lowest BCUT2D eigenvalue weighted by atomic mass is 10.1. The van der Waals surface area contributed by atoms with E-state index in [1.807, 2.05) is 54.6 Å². The number of aromatic nitrogens is 1. The molecule has 1 N–H and O–H groups in total. The fraction of sp³-hybridized carbons (Fsp3) is 0.0556. The van der Waals surface area contributed by atoms with E-state index < -0.39 is 4.92 Å². The molecule has 0 aliphatic rings. The Morgan fingerprint density at radius 1 is 1.00 bits per heavy atom. The molecule has 0 bridgehead atoms. The minimum absolute atomic E-state index is 0.0731. The van der Waals surface area contributed by atoms with E-state index in [-0.39, 0.29) is 11.5 Å². The number of nitrogens with one attached hydrogen (secondary N) is 1. The molecule has 0 saturated heterocycles. The van der Waals surface area contributed by atoms with E-state index in [9.17, 15) is 10.1 Å². The van der Waals surface area contributed by atoms with Gasteiger partial charge in [-0.05, 0) is 23.8 Å². The van der Waals surface area contributed by atoms with Gasteiger partial charge in [-0.15, -0.1) is 11.6 Å². The molecule has 0 aliphatic carbocycles. The van der Waals surface area contributed by atoms with Gasteiger partial charge in [0, 0.05) is 23.2 Å². The number of nitrogens with zero attached hydrogens (tertiary/aromatic N) is 2. The van der Waals surface area contributed by atoms with Crippen molar-refractivity contribution >= 4 is 28.8 Å². The molecule has 5 nitrogen and oxygen atoms in total. The Bertz CT molecular complexity index is 852. The van der Waals surface area contributed by atoms with Crippen molar-refractivity contribution in [2.75, 3.05) is 5.32 Å². The van der Waals surface area contributed by atoms with Gasteiger partial charge in [0.1, 0.15) is 0 Å². The van der Waals surface area contributed by atoms with Crippen LogP contribution in [-0.2, 0) is 5.88 Å². The van der Waals surface area contributed by atoms with Crippen LogP contribution in [0.25, 0.3) is 11.3 Å². The molecule has 0 spiro atoms. The monoisotopic (exact) mass is 339 g/mol. The molecule has 1 heterocycles. The number of benzene rings is 2. The Morgan fingerprint density at radius 2 is 1.71 bits per heavy atom. The molecule has 0 amide bonds. The van der Waals surface area contributed by atoms with Crippen molar-refractivity contribution in [1.82, 2.24) is 4.98 Å². The summed E-state index contributed by atoms with van der Waals surface area (Å²) in [7, 11) is 0. The number of halogens is 1. The van der Waals surface area contributed by atoms with Gasteiger partial charge in [-0.3, -0.25) is 10.1 Å². The number of hydrogen-bond donors (Lipinski definition) is 1. The molecule has 0 aliphatic heterocycles. The number of anilines is 2. The molecule has 120 valence electrons. The molecule has 6 heteroatoms. The molecule has 0 fully saturated rings. The number of hydrogen-bond acceptors (Lipinski definition) is 4. The van der Waals surface area contributed by atoms with Crippen LogP contribution >= 0.6 is 11.6 Å². The molecule has 0 radical (unpaired) electrons. The molecule has 24 heavy (non-hydrogen) atoms. The van der Waals surface area contributed by atoms with Gasteiger partial charge < -0.3 is 5.32 Å². The zero-order valence-corrected chi connectivity index (χ0v) is 13.4. The van der Waals surface area contributed by atoms with Crippen LogP contribution in [0, 0.1) is 10.1 Å². The van der Waals surface area contributed by atoms with Crippen molar-refractivity contribution in [3.8, 4) is 11.3 Å². The second-order valence-corrected chi connectivity index (χ2v) is 5.41. The summed E-state index contributed by atoms with van der Waals surface area (Å²) in [6, 6.07) is 20.0. The third kappa shape index (κ3) is 3.52. The Balaban J connectivity index is 1.98. The minimum atomic E-state index is -0.447. The van der Waals surface area contributed by atoms with Gasteiger partial charge in [0.2, 0.25) is 5.82 Å². The second-order valence-electron chi connectivity index (χ2n) is 5.14. The van der Waals surface area contributed by atoms with Gasteiger partial charge in [0.05, 0.1) is 10.6 Å². The lowest BCUT2D eigenvalue weighted by Crippen LogP contribution is -2.01. The highest BCUT2D eigenvalue weighted by atomic mass is 35.5. The first-order chi connectivity index (χ1) is 11.7. The molecule has 0 unspecified atom stereocenters. The van der Waals surface area contributed by atoms with Crippen LogP contribution in [0.2, 0.25) is 0 Å². The van der Waals surface area contributed by atoms with E-state index in [0.29, 0.717) is 17.3 Å². The Kier molecular flexibility index (Phi) is 4.72. The minimum Gasteiger partial charge on any atom is -0.334 e. The van der Waals surface area contributed by atoms with Crippen molar-refractivity contribution in [3.05, 3.63) is 82.4 Å². The number of nitro groups is 1. The van der Waals surface area contributed by atoms with Crippen molar-refractivity contribution in [2.24, 2.45) is 0 Å². The smallest absolute Gasteiger partial charge is 0.311 e. The topological polar surface area (TPSA) is 68.1 Å². The third-order valence-electron chi connectivity index (χ3n) is 3.51. The first kappa shape index (κ1) is 16.0. The Morgan fingerprint density at radius 3 is 2.33 bits per heavy atom. The molecule has 3 rings (SSSR count). The number of pyridine rings is 1. The summed E-state index contributed by atoms with van der Waals surface area (Å²) < 4.78 is 0. The van der Waals surface area contributed by atoms with Crippen molar-refractivity contribution in [2.45, 2.75) is 5.88 Å². The highest BCUT2D eigenvalue weighted by Crippen LogP contribution is 2.29. The highest BCUT2D eigenvalue weighted by Gasteiger charge is 2.16. The lowest BCUT2D eigenvalue weighted by Gasteiger charge is -2.09. The van der Waals surface area contributed by atoms with Crippen LogP contribution in [0.5, 0.6) is 0 Å². The SMILES string of the molecule is O=[N+]([O-])c1ccc(-c2ccccc2)nc1Nc1ccc(CCl)cc1. The van der Waals surface area contributed by atoms with Gasteiger partial charge in [-0.25, -0.2) is 4.98 Å². The largest absolute Gasteiger partial charge is 0.334 e. The van der Waals surface area contributed by atoms with Gasteiger partial charge in [0.25, 0.3) is 0 Å². The average Bonchev–Trinajstić information content (AvgIpc) is 2.63. The molecule has 1 aromatic heterocycles. The van der Waals surface area contributed by atoms with E-state index in [1.165, 1.54) is 6.07 Å². The maximum atomic E-state index is 11.3. The highest BCUT2D eigenvalue weighted by molar-refractivity contribution is 6.17.